The SMILES string of the molecule is Cc1cccc(C)c1OP(=O)(Oc1ccc(-c2ccc(OP(=O)(Oc3c(C)cccc3C)Oc3c(C)cccc3C)cc2)cc1)Oc1c(C)cccc1C.O=P(Oc1ccccc1)(Oc1ccccc1)Oc1ccc(-c2ccc(OP(=O)(Oc3ccccc3)Oc3ccccc3)cc2)cc1. The summed E-state index contributed by atoms with van der Waals surface area (Å²) in [5.41, 5.74) is 9.79. The minimum atomic E-state index is -4.24. The summed E-state index contributed by atoms with van der Waals surface area (Å²) < 4.78 is 127. The van der Waals surface area contributed by atoms with Crippen LogP contribution in [0.4, 0.5) is 0 Å². The Bertz CT molecular complexity index is 4330. The fraction of sp³-hybridized carbons (Fsp3) is 0.100. The van der Waals surface area contributed by atoms with Crippen LogP contribution < -0.4 is 54.3 Å². The van der Waals surface area contributed by atoms with Crippen LogP contribution >= 0.6 is 31.3 Å². The molecule has 0 unspecified atom stereocenters. The Hall–Kier alpha value is -10.8. The summed E-state index contributed by atoms with van der Waals surface area (Å²) in [5, 5.41) is 0. The zero-order valence-corrected chi connectivity index (χ0v) is 59.6. The lowest BCUT2D eigenvalue weighted by Crippen LogP contribution is -2.10. The van der Waals surface area contributed by atoms with E-state index >= 15 is 0 Å². The summed E-state index contributed by atoms with van der Waals surface area (Å²) in [5.74, 6) is 4.30. The minimum Gasteiger partial charge on any atom is -0.386 e. The topological polar surface area (TPSA) is 179 Å². The summed E-state index contributed by atoms with van der Waals surface area (Å²) in [4.78, 5) is 0. The minimum absolute atomic E-state index is 0.288. The van der Waals surface area contributed by atoms with E-state index < -0.39 is 31.3 Å². The first kappa shape index (κ1) is 70.5. The van der Waals surface area contributed by atoms with Crippen molar-refractivity contribution in [2.45, 2.75) is 55.4 Å². The standard InChI is InChI=1S/C44H44O8P2.C36H28O8P2/c1-29-13-9-14-30(2)41(29)49-53(45,50-42-31(3)15-10-16-32(42)4)47-39-25-21-37(22-26-39)38-23-27-40(28-24-38)48-54(46,51-43-33(5)17-11-18-34(43)6)52-44-35(7)19-12-20-36(44)8;37-45(39-31-13-5-1-6-14-31,40-32-15-7-2-8-16-32)43-35-25-21-29(22-26-35)30-23-27-36(28-24-30)44-46(38,41-33-17-9-3-10-18-33)42-34-19-11-4-12-20-34/h9-28H,1-8H3;1-28H. The Labute approximate surface area is 583 Å². The van der Waals surface area contributed by atoms with Gasteiger partial charge in [0.1, 0.15) is 69.0 Å². The molecule has 0 heterocycles. The Morgan fingerprint density at radius 3 is 0.460 bits per heavy atom. The van der Waals surface area contributed by atoms with Crippen LogP contribution in [0.5, 0.6) is 69.0 Å². The molecule has 0 aliphatic rings. The summed E-state index contributed by atoms with van der Waals surface area (Å²) in [7, 11) is -16.7. The van der Waals surface area contributed by atoms with Crippen molar-refractivity contribution in [3.63, 3.8) is 0 Å². The van der Waals surface area contributed by atoms with Crippen molar-refractivity contribution in [2.24, 2.45) is 0 Å². The van der Waals surface area contributed by atoms with E-state index in [0.29, 0.717) is 57.5 Å². The summed E-state index contributed by atoms with van der Waals surface area (Å²) in [6, 6.07) is 85.5. The van der Waals surface area contributed by atoms with Gasteiger partial charge in [-0.25, -0.2) is 0 Å². The molecule has 0 saturated carbocycles. The molecule has 0 saturated heterocycles. The molecule has 0 amide bonds. The molecule has 0 atom stereocenters. The predicted molar refractivity (Wildman–Crippen MR) is 391 cm³/mol. The summed E-state index contributed by atoms with van der Waals surface area (Å²) >= 11 is 0. The van der Waals surface area contributed by atoms with Crippen molar-refractivity contribution in [3.05, 3.63) is 336 Å². The molecule has 0 N–H and O–H groups in total. The van der Waals surface area contributed by atoms with Crippen LogP contribution in [0.3, 0.4) is 0 Å². The smallest absolute Gasteiger partial charge is 0.386 e. The molecule has 508 valence electrons. The van der Waals surface area contributed by atoms with Gasteiger partial charge in [0, 0.05) is 0 Å². The third-order valence-corrected chi connectivity index (χ3v) is 20.3. The first-order valence-electron chi connectivity index (χ1n) is 31.8. The molecule has 0 fully saturated rings. The highest BCUT2D eigenvalue weighted by molar-refractivity contribution is 7.50. The van der Waals surface area contributed by atoms with Crippen LogP contribution in [-0.4, -0.2) is 0 Å². The van der Waals surface area contributed by atoms with Crippen molar-refractivity contribution >= 4 is 31.3 Å². The second kappa shape index (κ2) is 31.8. The lowest BCUT2D eigenvalue weighted by Gasteiger charge is -2.23. The van der Waals surface area contributed by atoms with Crippen LogP contribution in [0.2, 0.25) is 0 Å². The molecule has 0 bridgehead atoms. The van der Waals surface area contributed by atoms with E-state index in [4.69, 9.17) is 54.3 Å². The molecular weight excluding hydrogens is 1340 g/mol. The van der Waals surface area contributed by atoms with Gasteiger partial charge in [-0.1, -0.05) is 194 Å². The Balaban J connectivity index is 0.000000204. The maximum Gasteiger partial charge on any atom is 0.647 e. The summed E-state index contributed by atoms with van der Waals surface area (Å²) in [6.07, 6.45) is 0. The normalized spacial score (nSPS) is 11.4. The lowest BCUT2D eigenvalue weighted by molar-refractivity contribution is 0.294. The number of hydrogen-bond acceptors (Lipinski definition) is 16. The van der Waals surface area contributed by atoms with Gasteiger partial charge in [0.15, 0.2) is 0 Å². The second-order valence-electron chi connectivity index (χ2n) is 23.1. The third-order valence-electron chi connectivity index (χ3n) is 15.2. The fourth-order valence-corrected chi connectivity index (χ4v) is 15.8. The van der Waals surface area contributed by atoms with E-state index in [1.807, 2.05) is 201 Å². The number of para-hydroxylation sites is 8. The van der Waals surface area contributed by atoms with E-state index in [1.165, 1.54) is 0 Å². The van der Waals surface area contributed by atoms with Gasteiger partial charge < -0.3 is 54.3 Å². The van der Waals surface area contributed by atoms with E-state index in [2.05, 4.69) is 0 Å². The van der Waals surface area contributed by atoms with Crippen LogP contribution in [0.25, 0.3) is 22.3 Å². The molecule has 20 heteroatoms. The van der Waals surface area contributed by atoms with Gasteiger partial charge in [-0.2, -0.15) is 18.3 Å². The number of aryl methyl sites for hydroxylation is 8. The quantitative estimate of drug-likeness (QED) is 0.0467. The molecule has 0 radical (unpaired) electrons. The van der Waals surface area contributed by atoms with E-state index in [1.54, 1.807) is 146 Å². The molecule has 100 heavy (non-hydrogen) atoms. The van der Waals surface area contributed by atoms with Crippen molar-refractivity contribution in [1.29, 1.82) is 0 Å². The Kier molecular flexibility index (Phi) is 22.4. The highest BCUT2D eigenvalue weighted by Gasteiger charge is 2.38. The molecule has 0 aliphatic heterocycles. The lowest BCUT2D eigenvalue weighted by atomic mass is 10.1. The highest BCUT2D eigenvalue weighted by Crippen LogP contribution is 2.56. The molecule has 0 spiro atoms. The van der Waals surface area contributed by atoms with Gasteiger partial charge in [0.05, 0.1) is 0 Å². The predicted octanol–water partition coefficient (Wildman–Crippen LogP) is 23.8. The van der Waals surface area contributed by atoms with E-state index in [0.717, 1.165) is 66.8 Å². The highest BCUT2D eigenvalue weighted by atomic mass is 31.2. The average Bonchev–Trinajstić information content (AvgIpc) is 0.811. The third kappa shape index (κ3) is 18.9. The van der Waals surface area contributed by atoms with Gasteiger partial charge in [-0.3, -0.25) is 0 Å². The molecule has 12 aromatic carbocycles. The Morgan fingerprint density at radius 2 is 0.300 bits per heavy atom. The number of hydrogen-bond donors (Lipinski definition) is 0. The molecule has 12 rings (SSSR count). The number of benzene rings is 12. The molecular formula is C80H72O16P4. The first-order valence-corrected chi connectivity index (χ1v) is 37.6. The van der Waals surface area contributed by atoms with Crippen molar-refractivity contribution in [3.8, 4) is 91.2 Å². The largest absolute Gasteiger partial charge is 0.647 e. The zero-order valence-electron chi connectivity index (χ0n) is 56.0. The Morgan fingerprint density at radius 1 is 0.160 bits per heavy atom. The van der Waals surface area contributed by atoms with E-state index in [9.17, 15) is 18.3 Å². The van der Waals surface area contributed by atoms with Crippen LogP contribution in [0.1, 0.15) is 44.5 Å². The molecule has 0 aliphatic carbocycles. The van der Waals surface area contributed by atoms with Crippen LogP contribution in [0.15, 0.2) is 291 Å². The second-order valence-corrected chi connectivity index (χ2v) is 28.9. The first-order chi connectivity index (χ1) is 48.2. The number of phosphoric ester groups is 4. The molecule has 16 nitrogen and oxygen atoms in total. The zero-order chi connectivity index (χ0) is 70.3. The van der Waals surface area contributed by atoms with Gasteiger partial charge >= 0.3 is 31.3 Å². The van der Waals surface area contributed by atoms with Crippen LogP contribution in [-0.2, 0) is 18.3 Å². The van der Waals surface area contributed by atoms with Crippen molar-refractivity contribution < 1.29 is 72.5 Å². The summed E-state index contributed by atoms with van der Waals surface area (Å²) in [6.45, 7) is 15.0. The van der Waals surface area contributed by atoms with Gasteiger partial charge in [0.25, 0.3) is 0 Å². The maximum atomic E-state index is 14.4. The van der Waals surface area contributed by atoms with Gasteiger partial charge in [-0.15, -0.1) is 0 Å². The fourth-order valence-electron chi connectivity index (χ4n) is 10.2. The van der Waals surface area contributed by atoms with Crippen molar-refractivity contribution in [1.82, 2.24) is 0 Å². The molecule has 12 aromatic rings. The molecule has 0 aromatic heterocycles. The number of rotatable bonds is 26. The van der Waals surface area contributed by atoms with Crippen molar-refractivity contribution in [2.75, 3.05) is 0 Å². The van der Waals surface area contributed by atoms with Gasteiger partial charge in [-0.05, 0) is 219 Å². The van der Waals surface area contributed by atoms with Crippen LogP contribution in [0, 0.1) is 55.4 Å². The van der Waals surface area contributed by atoms with Gasteiger partial charge in [0.2, 0.25) is 0 Å². The maximum absolute atomic E-state index is 14.4. The average molecular weight is 1410 g/mol. The number of phosphoric acid groups is 4. The monoisotopic (exact) mass is 1410 g/mol. The van der Waals surface area contributed by atoms with E-state index in [-0.39, 0.29) is 11.5 Å².